The predicted molar refractivity (Wildman–Crippen MR) is 89.5 cm³/mol. The van der Waals surface area contributed by atoms with Crippen LogP contribution in [0.15, 0.2) is 36.7 Å². The van der Waals surface area contributed by atoms with E-state index in [2.05, 4.69) is 10.4 Å². The van der Waals surface area contributed by atoms with E-state index >= 15 is 0 Å². The smallest absolute Gasteiger partial charge is 0.321 e. The molecule has 8 heteroatoms. The molecule has 1 fully saturated rings. The van der Waals surface area contributed by atoms with Crippen LogP contribution in [0.4, 0.5) is 10.5 Å². The van der Waals surface area contributed by atoms with Gasteiger partial charge in [-0.15, -0.1) is 0 Å². The van der Waals surface area contributed by atoms with Crippen molar-refractivity contribution in [2.24, 2.45) is 5.92 Å². The lowest BCUT2D eigenvalue weighted by Crippen LogP contribution is -2.42. The molecule has 0 saturated carbocycles. The Morgan fingerprint density at radius 2 is 2.04 bits per heavy atom. The topological polar surface area (TPSA) is 87.5 Å². The number of carbonyl (C=O) groups is 2. The third-order valence-corrected chi connectivity index (χ3v) is 4.38. The van der Waals surface area contributed by atoms with Crippen LogP contribution in [0.2, 0.25) is 5.02 Å². The summed E-state index contributed by atoms with van der Waals surface area (Å²) in [5.74, 6) is -1.16. The average molecular weight is 349 g/mol. The van der Waals surface area contributed by atoms with Gasteiger partial charge < -0.3 is 15.3 Å². The number of benzene rings is 1. The van der Waals surface area contributed by atoms with E-state index < -0.39 is 5.97 Å². The number of piperidine rings is 1. The zero-order chi connectivity index (χ0) is 17.1. The molecule has 2 N–H and O–H groups in total. The Morgan fingerprint density at radius 3 is 2.62 bits per heavy atom. The quantitative estimate of drug-likeness (QED) is 0.892. The van der Waals surface area contributed by atoms with Gasteiger partial charge in [-0.05, 0) is 37.1 Å². The van der Waals surface area contributed by atoms with Gasteiger partial charge in [0.25, 0.3) is 0 Å². The Hall–Kier alpha value is -2.54. The number of hydrogen-bond donors (Lipinski definition) is 2. The van der Waals surface area contributed by atoms with Crippen LogP contribution in [0.1, 0.15) is 12.8 Å². The summed E-state index contributed by atoms with van der Waals surface area (Å²) in [6, 6.07) is 6.75. The fourth-order valence-electron chi connectivity index (χ4n) is 2.71. The minimum atomic E-state index is -0.795. The summed E-state index contributed by atoms with van der Waals surface area (Å²) in [6.07, 6.45) is 4.39. The number of carboxylic acids is 1. The molecule has 2 aromatic rings. The number of hydrogen-bond acceptors (Lipinski definition) is 3. The summed E-state index contributed by atoms with van der Waals surface area (Å²) in [4.78, 5) is 24.8. The van der Waals surface area contributed by atoms with Gasteiger partial charge in [0.05, 0.1) is 16.6 Å². The van der Waals surface area contributed by atoms with E-state index in [-0.39, 0.29) is 11.9 Å². The Bertz CT molecular complexity index is 740. The van der Waals surface area contributed by atoms with E-state index in [1.165, 1.54) is 0 Å². The number of carbonyl (C=O) groups excluding carboxylic acids is 1. The minimum Gasteiger partial charge on any atom is -0.481 e. The van der Waals surface area contributed by atoms with Crippen molar-refractivity contribution < 1.29 is 14.7 Å². The van der Waals surface area contributed by atoms with E-state index in [0.717, 1.165) is 5.69 Å². The monoisotopic (exact) mass is 348 g/mol. The van der Waals surface area contributed by atoms with E-state index in [4.69, 9.17) is 16.7 Å². The third-order valence-electron chi connectivity index (χ3n) is 4.08. The zero-order valence-corrected chi connectivity index (χ0v) is 13.6. The summed E-state index contributed by atoms with van der Waals surface area (Å²) in [5, 5.41) is 16.4. The van der Waals surface area contributed by atoms with Crippen LogP contribution >= 0.6 is 11.6 Å². The van der Waals surface area contributed by atoms with Crippen molar-refractivity contribution in [1.29, 1.82) is 0 Å². The maximum atomic E-state index is 12.3. The van der Waals surface area contributed by atoms with E-state index in [1.54, 1.807) is 46.2 Å². The molecule has 2 amide bonds. The summed E-state index contributed by atoms with van der Waals surface area (Å²) in [7, 11) is 0. The van der Waals surface area contributed by atoms with E-state index in [9.17, 15) is 9.59 Å². The highest BCUT2D eigenvalue weighted by Gasteiger charge is 2.27. The van der Waals surface area contributed by atoms with Gasteiger partial charge in [-0.25, -0.2) is 9.48 Å². The first kappa shape index (κ1) is 16.3. The zero-order valence-electron chi connectivity index (χ0n) is 12.9. The van der Waals surface area contributed by atoms with Gasteiger partial charge in [0.2, 0.25) is 0 Å². The SMILES string of the molecule is O=C(O)C1CCN(C(=O)Nc2ccc(-n3cccn3)c(Cl)c2)CC1. The lowest BCUT2D eigenvalue weighted by Gasteiger charge is -2.30. The lowest BCUT2D eigenvalue weighted by molar-refractivity contribution is -0.143. The molecule has 1 aliphatic rings. The van der Waals surface area contributed by atoms with E-state index in [0.29, 0.717) is 36.6 Å². The number of aromatic nitrogens is 2. The summed E-state index contributed by atoms with van der Waals surface area (Å²) in [5.41, 5.74) is 1.31. The number of carboxylic acid groups (broad SMARTS) is 1. The van der Waals surface area contributed by atoms with Gasteiger partial charge in [-0.1, -0.05) is 11.6 Å². The van der Waals surface area contributed by atoms with Crippen molar-refractivity contribution in [2.45, 2.75) is 12.8 Å². The summed E-state index contributed by atoms with van der Waals surface area (Å²) in [6.45, 7) is 0.865. The molecule has 1 aliphatic heterocycles. The molecule has 3 rings (SSSR count). The molecule has 126 valence electrons. The van der Waals surface area contributed by atoms with Crippen LogP contribution in [0, 0.1) is 5.92 Å². The molecule has 1 aromatic heterocycles. The van der Waals surface area contributed by atoms with Gasteiger partial charge >= 0.3 is 12.0 Å². The number of halogens is 1. The summed E-state index contributed by atoms with van der Waals surface area (Å²) < 4.78 is 1.64. The second-order valence-corrected chi connectivity index (χ2v) is 6.05. The van der Waals surface area contributed by atoms with Gasteiger partial charge in [0.15, 0.2) is 0 Å². The first-order valence-corrected chi connectivity index (χ1v) is 8.00. The molecule has 1 aromatic carbocycles. The van der Waals surface area contributed by atoms with Gasteiger partial charge in [-0.3, -0.25) is 4.79 Å². The Labute approximate surface area is 143 Å². The first-order valence-electron chi connectivity index (χ1n) is 7.63. The third kappa shape index (κ3) is 3.51. The maximum absolute atomic E-state index is 12.3. The Morgan fingerprint density at radius 1 is 1.29 bits per heavy atom. The van der Waals surface area contributed by atoms with Crippen LogP contribution in [0.5, 0.6) is 0 Å². The fraction of sp³-hybridized carbons (Fsp3) is 0.312. The highest BCUT2D eigenvalue weighted by molar-refractivity contribution is 6.32. The first-order chi connectivity index (χ1) is 11.5. The molecule has 0 atom stereocenters. The average Bonchev–Trinajstić information content (AvgIpc) is 3.09. The number of amides is 2. The molecule has 0 unspecified atom stereocenters. The largest absolute Gasteiger partial charge is 0.481 e. The van der Waals surface area contributed by atoms with Crippen LogP contribution in [0.25, 0.3) is 5.69 Å². The second kappa shape index (κ2) is 6.92. The van der Waals surface area contributed by atoms with Crippen LogP contribution < -0.4 is 5.32 Å². The number of aliphatic carboxylic acids is 1. The second-order valence-electron chi connectivity index (χ2n) is 5.65. The maximum Gasteiger partial charge on any atom is 0.321 e. The van der Waals surface area contributed by atoms with Crippen molar-refractivity contribution in [3.8, 4) is 5.69 Å². The molecule has 2 heterocycles. The highest BCUT2D eigenvalue weighted by atomic mass is 35.5. The summed E-state index contributed by atoms with van der Waals surface area (Å²) >= 11 is 6.25. The van der Waals surface area contributed by atoms with Crippen molar-refractivity contribution in [3.63, 3.8) is 0 Å². The molecule has 0 aliphatic carbocycles. The van der Waals surface area contributed by atoms with Gasteiger partial charge in [0.1, 0.15) is 0 Å². The van der Waals surface area contributed by atoms with Crippen LogP contribution in [-0.2, 0) is 4.79 Å². The number of anilines is 1. The van der Waals surface area contributed by atoms with Crippen LogP contribution in [0.3, 0.4) is 0 Å². The lowest BCUT2D eigenvalue weighted by atomic mass is 9.97. The Balaban J connectivity index is 1.63. The van der Waals surface area contributed by atoms with Crippen molar-refractivity contribution in [3.05, 3.63) is 41.7 Å². The number of nitrogens with one attached hydrogen (secondary N) is 1. The molecule has 7 nitrogen and oxygen atoms in total. The van der Waals surface area contributed by atoms with Crippen LogP contribution in [-0.4, -0.2) is 44.9 Å². The van der Waals surface area contributed by atoms with E-state index in [1.807, 2.05) is 0 Å². The molecule has 0 spiro atoms. The van der Waals surface area contributed by atoms with Gasteiger partial charge in [0, 0.05) is 31.2 Å². The number of nitrogens with zero attached hydrogens (tertiary/aromatic N) is 3. The number of likely N-dealkylation sites (tertiary alicyclic amines) is 1. The van der Waals surface area contributed by atoms with Crippen molar-refractivity contribution in [2.75, 3.05) is 18.4 Å². The standard InChI is InChI=1S/C16H17ClN4O3/c17-13-10-12(2-3-14(13)21-7-1-6-18-21)19-16(24)20-8-4-11(5-9-20)15(22)23/h1-3,6-7,10-11H,4-5,8-9H2,(H,19,24)(H,22,23). The number of rotatable bonds is 3. The van der Waals surface area contributed by atoms with Crippen molar-refractivity contribution in [1.82, 2.24) is 14.7 Å². The molecule has 1 saturated heterocycles. The Kier molecular flexibility index (Phi) is 4.71. The fourth-order valence-corrected chi connectivity index (χ4v) is 2.98. The predicted octanol–water partition coefficient (Wildman–Crippen LogP) is 2.85. The molecule has 24 heavy (non-hydrogen) atoms. The molecular weight excluding hydrogens is 332 g/mol. The highest BCUT2D eigenvalue weighted by Crippen LogP contribution is 2.24. The molecule has 0 bridgehead atoms. The molecular formula is C16H17ClN4O3. The minimum absolute atomic E-state index is 0.248. The number of urea groups is 1. The molecule has 0 radical (unpaired) electrons. The van der Waals surface area contributed by atoms with Crippen molar-refractivity contribution >= 4 is 29.3 Å². The normalized spacial score (nSPS) is 15.3. The van der Waals surface area contributed by atoms with Gasteiger partial charge in [-0.2, -0.15) is 5.10 Å².